The van der Waals surface area contributed by atoms with Crippen LogP contribution in [0.1, 0.15) is 118 Å². The number of Topliss-reactive ketones (excluding diaryl/α,β-unsaturated/α-hetero) is 1. The molecule has 334 valence electrons. The smallest absolute Gasteiger partial charge is 0.193 e. The molecule has 0 aromatic heterocycles. The van der Waals surface area contributed by atoms with Crippen molar-refractivity contribution in [1.29, 1.82) is 0 Å². The summed E-state index contributed by atoms with van der Waals surface area (Å²) in [4.78, 5) is 14.1. The van der Waals surface area contributed by atoms with E-state index in [1.165, 1.54) is 0 Å². The molecular formula is C49H84O7Si3. The average Bonchev–Trinajstić information content (AvgIpc) is 3.15. The van der Waals surface area contributed by atoms with E-state index in [0.29, 0.717) is 39.1 Å². The molecule has 0 spiro atoms. The first kappa shape index (κ1) is 52.9. The molecule has 0 aliphatic carbocycles. The molecule has 0 fully saturated rings. The van der Waals surface area contributed by atoms with Crippen LogP contribution in [0.15, 0.2) is 48.5 Å². The van der Waals surface area contributed by atoms with E-state index in [0.717, 1.165) is 54.7 Å². The lowest BCUT2D eigenvalue weighted by atomic mass is 9.84. The summed E-state index contributed by atoms with van der Waals surface area (Å²) in [5.41, 5.74) is 5.06. The van der Waals surface area contributed by atoms with Crippen molar-refractivity contribution in [2.45, 2.75) is 194 Å². The van der Waals surface area contributed by atoms with Crippen LogP contribution < -0.4 is 9.47 Å². The van der Waals surface area contributed by atoms with Gasteiger partial charge < -0.3 is 27.8 Å². The first-order chi connectivity index (χ1) is 27.3. The van der Waals surface area contributed by atoms with Crippen molar-refractivity contribution in [3.8, 4) is 23.0 Å². The Morgan fingerprint density at radius 1 is 0.695 bits per heavy atom. The molecular weight excluding hydrogens is 785 g/mol. The second-order valence-electron chi connectivity index (χ2n) is 20.7. The van der Waals surface area contributed by atoms with Gasteiger partial charge in [-0.2, -0.15) is 0 Å². The Labute approximate surface area is 364 Å². The molecule has 2 aromatic rings. The number of ether oxygens (including phenoxy) is 4. The van der Waals surface area contributed by atoms with E-state index < -0.39 is 36.4 Å². The van der Waals surface area contributed by atoms with Crippen LogP contribution in [-0.4, -0.2) is 69.1 Å². The molecule has 0 amide bonds. The molecule has 0 saturated carbocycles. The van der Waals surface area contributed by atoms with Crippen LogP contribution in [-0.2, 0) is 36.3 Å². The number of rotatable bonds is 25. The van der Waals surface area contributed by atoms with E-state index in [9.17, 15) is 4.79 Å². The number of carbonyl (C=O) groups is 1. The molecule has 7 nitrogen and oxygen atoms in total. The van der Waals surface area contributed by atoms with Crippen LogP contribution in [0.5, 0.6) is 11.5 Å². The van der Waals surface area contributed by atoms with Crippen molar-refractivity contribution in [3.05, 3.63) is 59.7 Å². The number of ketones is 1. The molecule has 0 aliphatic rings. The van der Waals surface area contributed by atoms with Crippen LogP contribution in [0.3, 0.4) is 0 Å². The normalized spacial score (nSPS) is 15.4. The van der Waals surface area contributed by atoms with Crippen molar-refractivity contribution in [1.82, 2.24) is 0 Å². The fraction of sp³-hybridized carbons (Fsp3) is 0.694. The quantitative estimate of drug-likeness (QED) is 0.0727. The molecule has 0 radical (unpaired) electrons. The lowest BCUT2D eigenvalue weighted by Gasteiger charge is -2.48. The van der Waals surface area contributed by atoms with E-state index in [1.807, 2.05) is 36.4 Å². The molecule has 2 aromatic carbocycles. The van der Waals surface area contributed by atoms with Crippen LogP contribution in [0, 0.1) is 17.4 Å². The fourth-order valence-corrected chi connectivity index (χ4v) is 9.60. The minimum Gasteiger partial charge on any atom is -0.497 e. The Balaban J connectivity index is 2.40. The first-order valence-electron chi connectivity index (χ1n) is 22.2. The Morgan fingerprint density at radius 3 is 1.66 bits per heavy atom. The maximum Gasteiger partial charge on any atom is 0.193 e. The van der Waals surface area contributed by atoms with E-state index in [-0.39, 0.29) is 27.9 Å². The average molecular weight is 869 g/mol. The van der Waals surface area contributed by atoms with E-state index in [4.69, 9.17) is 27.8 Å². The highest BCUT2D eigenvalue weighted by atomic mass is 28.4. The molecule has 0 bridgehead atoms. The van der Waals surface area contributed by atoms with Crippen molar-refractivity contribution in [3.63, 3.8) is 0 Å². The minimum absolute atomic E-state index is 0.0359. The van der Waals surface area contributed by atoms with Crippen molar-refractivity contribution in [2.24, 2.45) is 5.92 Å². The number of hydrogen-bond acceptors (Lipinski definition) is 7. The van der Waals surface area contributed by atoms with Gasteiger partial charge in [-0.25, -0.2) is 0 Å². The molecule has 2 rings (SSSR count). The Hall–Kier alpha value is -2.24. The minimum atomic E-state index is -2.35. The summed E-state index contributed by atoms with van der Waals surface area (Å²) in [6, 6.07) is 16.1. The molecule has 10 heteroatoms. The van der Waals surface area contributed by atoms with Gasteiger partial charge in [0.25, 0.3) is 0 Å². The van der Waals surface area contributed by atoms with Crippen LogP contribution >= 0.6 is 0 Å². The fourth-order valence-electron chi connectivity index (χ4n) is 6.34. The van der Waals surface area contributed by atoms with Gasteiger partial charge in [-0.1, -0.05) is 118 Å². The van der Waals surface area contributed by atoms with Crippen LogP contribution in [0.4, 0.5) is 0 Å². The highest BCUT2D eigenvalue weighted by molar-refractivity contribution is 6.83. The maximum atomic E-state index is 14.1. The highest BCUT2D eigenvalue weighted by Crippen LogP contribution is 2.44. The molecule has 0 unspecified atom stereocenters. The van der Waals surface area contributed by atoms with E-state index >= 15 is 0 Å². The lowest BCUT2D eigenvalue weighted by molar-refractivity contribution is -0.124. The highest BCUT2D eigenvalue weighted by Gasteiger charge is 2.49. The molecule has 4 atom stereocenters. The van der Waals surface area contributed by atoms with Crippen molar-refractivity contribution in [2.75, 3.05) is 20.8 Å². The van der Waals surface area contributed by atoms with Gasteiger partial charge in [0.05, 0.1) is 39.1 Å². The number of hydrogen-bond donors (Lipinski definition) is 0. The third kappa shape index (κ3) is 17.9. The van der Waals surface area contributed by atoms with Gasteiger partial charge in [-0.3, -0.25) is 4.79 Å². The van der Waals surface area contributed by atoms with Gasteiger partial charge in [-0.05, 0) is 103 Å². The zero-order chi connectivity index (χ0) is 44.7. The molecule has 0 heterocycles. The number of carbonyl (C=O) groups excluding carboxylic acids is 1. The second kappa shape index (κ2) is 23.3. The maximum absolute atomic E-state index is 14.1. The largest absolute Gasteiger partial charge is 0.497 e. The third-order valence-corrected chi connectivity index (χ3v) is 22.4. The summed E-state index contributed by atoms with van der Waals surface area (Å²) >= 11 is 0. The monoisotopic (exact) mass is 869 g/mol. The molecule has 59 heavy (non-hydrogen) atoms. The molecule has 0 saturated heterocycles. The van der Waals surface area contributed by atoms with Gasteiger partial charge in [0, 0.05) is 19.4 Å². The van der Waals surface area contributed by atoms with Crippen LogP contribution in [0.2, 0.25) is 55.9 Å². The van der Waals surface area contributed by atoms with Crippen molar-refractivity contribution < 1.29 is 32.6 Å². The van der Waals surface area contributed by atoms with Gasteiger partial charge in [0.1, 0.15) is 31.5 Å². The van der Waals surface area contributed by atoms with Gasteiger partial charge in [0.15, 0.2) is 16.6 Å². The summed E-state index contributed by atoms with van der Waals surface area (Å²) in [5, 5.41) is 0.0941. The molecule has 0 N–H and O–H groups in total. The summed E-state index contributed by atoms with van der Waals surface area (Å²) in [5.74, 6) is 5.70. The standard InChI is InChI=1S/C49H84O7Si3/c1-18-19-33-49(56-59(16,17)48(6,7)8,46(32-36-57(11,12)13)54-38-41-23-28-44(52-10)29-24-41)34-30-42(50)25-20-39(2)45(31-35-55-58(14,15)47(3,4)5)53-37-40-21-26-43(51-9)27-22-40/h21-24,26-29,39,45-46H,18-20,25,30-31,33-35,37-38H2,1-17H3/t39-,45+,46-,49+/m0/s1. The SMILES string of the molecule is CCCC[C@](CCC(=O)CC[C@H](C)[C@@H](CCO[Si](C)(C)C(C)(C)C)OCc1ccc(OC)cc1)(O[Si](C)(C)C(C)(C)C)[C@H](C#C[Si](C)(C)C)OCc1ccc(OC)cc1. The first-order valence-corrected chi connectivity index (χ1v) is 31.5. The number of methoxy groups -OCH3 is 2. The number of benzene rings is 2. The third-order valence-electron chi connectivity index (χ3n) is 12.5. The van der Waals surface area contributed by atoms with E-state index in [2.05, 4.69) is 125 Å². The zero-order valence-corrected chi connectivity index (χ0v) is 43.5. The van der Waals surface area contributed by atoms with Gasteiger partial charge in [0.2, 0.25) is 0 Å². The van der Waals surface area contributed by atoms with Gasteiger partial charge in [-0.15, -0.1) is 5.54 Å². The van der Waals surface area contributed by atoms with Gasteiger partial charge >= 0.3 is 0 Å². The van der Waals surface area contributed by atoms with Crippen LogP contribution in [0.25, 0.3) is 0 Å². The van der Waals surface area contributed by atoms with Crippen molar-refractivity contribution >= 4 is 30.5 Å². The Bertz CT molecular complexity index is 1590. The van der Waals surface area contributed by atoms with E-state index in [1.54, 1.807) is 14.2 Å². The lowest BCUT2D eigenvalue weighted by Crippen LogP contribution is -2.56. The predicted octanol–water partition coefficient (Wildman–Crippen LogP) is 13.2. The summed E-state index contributed by atoms with van der Waals surface area (Å²) < 4.78 is 38.5. The number of unbranched alkanes of at least 4 members (excludes halogenated alkanes) is 1. The summed E-state index contributed by atoms with van der Waals surface area (Å²) in [6.45, 7) is 35.6. The second-order valence-corrected chi connectivity index (χ2v) is 35.0. The topological polar surface area (TPSA) is 72.5 Å². The Kier molecular flexibility index (Phi) is 20.9. The zero-order valence-electron chi connectivity index (χ0n) is 40.5. The summed E-state index contributed by atoms with van der Waals surface area (Å²) in [6.07, 6.45) is 5.20. The molecule has 0 aliphatic heterocycles. The Morgan fingerprint density at radius 2 is 1.20 bits per heavy atom. The summed E-state index contributed by atoms with van der Waals surface area (Å²) in [7, 11) is -2.69. The predicted molar refractivity (Wildman–Crippen MR) is 255 cm³/mol.